The van der Waals surface area contributed by atoms with E-state index in [4.69, 9.17) is 15.6 Å². The van der Waals surface area contributed by atoms with Crippen LogP contribution in [0.25, 0.3) is 0 Å². The SMILES string of the molecule is N=C(N)/N=C/c1ccco1. The van der Waals surface area contributed by atoms with Crippen LogP contribution in [0.15, 0.2) is 27.8 Å². The van der Waals surface area contributed by atoms with Gasteiger partial charge in [-0.2, -0.15) is 0 Å². The van der Waals surface area contributed by atoms with E-state index in [0.29, 0.717) is 5.76 Å². The van der Waals surface area contributed by atoms with E-state index in [9.17, 15) is 0 Å². The van der Waals surface area contributed by atoms with Gasteiger partial charge in [0.25, 0.3) is 0 Å². The Morgan fingerprint density at radius 3 is 3.10 bits per heavy atom. The van der Waals surface area contributed by atoms with Crippen molar-refractivity contribution in [1.82, 2.24) is 0 Å². The molecule has 4 nitrogen and oxygen atoms in total. The van der Waals surface area contributed by atoms with Gasteiger partial charge in [-0.15, -0.1) is 0 Å². The first kappa shape index (κ1) is 6.54. The molecule has 3 N–H and O–H groups in total. The molecule has 4 heteroatoms. The number of hydrogen-bond donors (Lipinski definition) is 2. The molecule has 0 unspecified atom stereocenters. The Balaban J connectivity index is 2.64. The Hall–Kier alpha value is -1.58. The predicted octanol–water partition coefficient (Wildman–Crippen LogP) is 0.592. The van der Waals surface area contributed by atoms with Crippen molar-refractivity contribution in [2.24, 2.45) is 10.7 Å². The first-order valence-corrected chi connectivity index (χ1v) is 2.70. The molecule has 1 heterocycles. The lowest BCUT2D eigenvalue weighted by atomic mass is 10.5. The molecule has 0 bridgehead atoms. The van der Waals surface area contributed by atoms with Crippen molar-refractivity contribution in [3.05, 3.63) is 24.2 Å². The molecule has 0 aliphatic heterocycles. The van der Waals surface area contributed by atoms with E-state index in [1.807, 2.05) is 0 Å². The molecule has 1 aromatic rings. The third kappa shape index (κ3) is 1.74. The van der Waals surface area contributed by atoms with Crippen LogP contribution in [0, 0.1) is 5.41 Å². The maximum atomic E-state index is 6.73. The van der Waals surface area contributed by atoms with E-state index in [2.05, 4.69) is 4.99 Å². The van der Waals surface area contributed by atoms with Crippen molar-refractivity contribution in [2.75, 3.05) is 0 Å². The lowest BCUT2D eigenvalue weighted by Crippen LogP contribution is -2.05. The maximum absolute atomic E-state index is 6.73. The summed E-state index contributed by atoms with van der Waals surface area (Å²) in [6, 6.07) is 3.47. The standard InChI is InChI=1S/C6H7N3O/c7-6(8)9-4-5-2-1-3-10-5/h1-4H,(H3,7,8)/b9-4+. The zero-order valence-electron chi connectivity index (χ0n) is 5.24. The Morgan fingerprint density at radius 2 is 2.60 bits per heavy atom. The second-order valence-corrected chi connectivity index (χ2v) is 1.66. The van der Waals surface area contributed by atoms with Crippen LogP contribution in [0.1, 0.15) is 5.76 Å². The number of nitrogens with two attached hydrogens (primary N) is 1. The first-order chi connectivity index (χ1) is 4.79. The molecule has 10 heavy (non-hydrogen) atoms. The molecule has 0 amide bonds. The zero-order chi connectivity index (χ0) is 7.40. The largest absolute Gasteiger partial charge is 0.463 e. The Kier molecular flexibility index (Phi) is 1.84. The van der Waals surface area contributed by atoms with Gasteiger partial charge in [-0.3, -0.25) is 5.41 Å². The molecule has 0 aliphatic carbocycles. The fraction of sp³-hybridized carbons (Fsp3) is 0. The minimum atomic E-state index is -0.226. The van der Waals surface area contributed by atoms with Crippen molar-refractivity contribution in [1.29, 1.82) is 5.41 Å². The smallest absolute Gasteiger partial charge is 0.212 e. The Bertz CT molecular complexity index is 238. The van der Waals surface area contributed by atoms with Gasteiger partial charge in [0, 0.05) is 0 Å². The lowest BCUT2D eigenvalue weighted by molar-refractivity contribution is 0.560. The van der Waals surface area contributed by atoms with Crippen molar-refractivity contribution >= 4 is 12.2 Å². The Labute approximate surface area is 57.9 Å². The summed E-state index contributed by atoms with van der Waals surface area (Å²) in [5.74, 6) is 0.367. The molecule has 0 radical (unpaired) electrons. The van der Waals surface area contributed by atoms with Crippen molar-refractivity contribution in [3.63, 3.8) is 0 Å². The highest BCUT2D eigenvalue weighted by Gasteiger charge is 1.86. The summed E-state index contributed by atoms with van der Waals surface area (Å²) < 4.78 is 4.88. The second-order valence-electron chi connectivity index (χ2n) is 1.66. The number of guanidine groups is 1. The normalized spacial score (nSPS) is 10.4. The molecule has 1 rings (SSSR count). The minimum Gasteiger partial charge on any atom is -0.463 e. The number of rotatable bonds is 1. The van der Waals surface area contributed by atoms with E-state index in [1.54, 1.807) is 12.1 Å². The zero-order valence-corrected chi connectivity index (χ0v) is 5.24. The number of furan rings is 1. The van der Waals surface area contributed by atoms with E-state index in [1.165, 1.54) is 12.5 Å². The Morgan fingerprint density at radius 1 is 1.80 bits per heavy atom. The summed E-state index contributed by atoms with van der Waals surface area (Å²) in [6.45, 7) is 0. The van der Waals surface area contributed by atoms with Gasteiger partial charge in [0.15, 0.2) is 0 Å². The van der Waals surface area contributed by atoms with Crippen LogP contribution in [0.3, 0.4) is 0 Å². The molecular weight excluding hydrogens is 130 g/mol. The summed E-state index contributed by atoms with van der Waals surface area (Å²) >= 11 is 0. The van der Waals surface area contributed by atoms with Crippen molar-refractivity contribution in [2.45, 2.75) is 0 Å². The first-order valence-electron chi connectivity index (χ1n) is 2.70. The van der Waals surface area contributed by atoms with E-state index >= 15 is 0 Å². The fourth-order valence-corrected chi connectivity index (χ4v) is 0.498. The summed E-state index contributed by atoms with van der Waals surface area (Å²) in [5.41, 5.74) is 4.95. The van der Waals surface area contributed by atoms with Gasteiger partial charge < -0.3 is 10.2 Å². The van der Waals surface area contributed by atoms with Crippen LogP contribution in [0.4, 0.5) is 0 Å². The van der Waals surface area contributed by atoms with Crippen LogP contribution in [-0.4, -0.2) is 12.2 Å². The topological polar surface area (TPSA) is 75.4 Å². The van der Waals surface area contributed by atoms with Crippen LogP contribution in [0.2, 0.25) is 0 Å². The molecule has 0 atom stereocenters. The van der Waals surface area contributed by atoms with E-state index in [0.717, 1.165) is 0 Å². The molecule has 0 fully saturated rings. The summed E-state index contributed by atoms with van der Waals surface area (Å²) in [6.07, 6.45) is 2.92. The number of nitrogens with one attached hydrogen (secondary N) is 1. The van der Waals surface area contributed by atoms with Crippen LogP contribution >= 0.6 is 0 Å². The molecule has 0 aliphatic rings. The van der Waals surface area contributed by atoms with E-state index in [-0.39, 0.29) is 5.96 Å². The molecule has 0 aromatic carbocycles. The van der Waals surface area contributed by atoms with Crippen LogP contribution < -0.4 is 5.73 Å². The quantitative estimate of drug-likeness (QED) is 0.439. The number of aliphatic imine (C=N–C) groups is 1. The summed E-state index contributed by atoms with van der Waals surface area (Å²) in [5, 5.41) is 6.73. The molecule has 52 valence electrons. The maximum Gasteiger partial charge on any atom is 0.212 e. The number of hydrogen-bond acceptors (Lipinski definition) is 2. The van der Waals surface area contributed by atoms with Crippen LogP contribution in [-0.2, 0) is 0 Å². The predicted molar refractivity (Wildman–Crippen MR) is 38.2 cm³/mol. The third-order valence-electron chi connectivity index (χ3n) is 0.874. The number of nitrogens with zero attached hydrogens (tertiary/aromatic N) is 1. The lowest BCUT2D eigenvalue weighted by Gasteiger charge is -1.82. The molecule has 0 saturated carbocycles. The highest BCUT2D eigenvalue weighted by Crippen LogP contribution is 1.94. The van der Waals surface area contributed by atoms with E-state index < -0.39 is 0 Å². The van der Waals surface area contributed by atoms with Crippen molar-refractivity contribution < 1.29 is 4.42 Å². The molecular formula is C6H7N3O. The van der Waals surface area contributed by atoms with Crippen LogP contribution in [0.5, 0.6) is 0 Å². The van der Waals surface area contributed by atoms with Crippen molar-refractivity contribution in [3.8, 4) is 0 Å². The van der Waals surface area contributed by atoms with Gasteiger partial charge in [0.05, 0.1) is 12.5 Å². The van der Waals surface area contributed by atoms with Gasteiger partial charge in [-0.05, 0) is 12.1 Å². The average molecular weight is 137 g/mol. The monoisotopic (exact) mass is 137 g/mol. The highest BCUT2D eigenvalue weighted by molar-refractivity contribution is 5.89. The molecule has 1 aromatic heterocycles. The highest BCUT2D eigenvalue weighted by atomic mass is 16.3. The van der Waals surface area contributed by atoms with Gasteiger partial charge in [-0.1, -0.05) is 0 Å². The van der Waals surface area contributed by atoms with Gasteiger partial charge in [0.1, 0.15) is 5.76 Å². The molecule has 0 spiro atoms. The summed E-state index contributed by atoms with van der Waals surface area (Å²) in [7, 11) is 0. The van der Waals surface area contributed by atoms with Gasteiger partial charge >= 0.3 is 0 Å². The average Bonchev–Trinajstić information content (AvgIpc) is 2.34. The fourth-order valence-electron chi connectivity index (χ4n) is 0.498. The van der Waals surface area contributed by atoms with Gasteiger partial charge in [0.2, 0.25) is 5.96 Å². The third-order valence-corrected chi connectivity index (χ3v) is 0.874. The second kappa shape index (κ2) is 2.82. The minimum absolute atomic E-state index is 0.226. The summed E-state index contributed by atoms with van der Waals surface area (Å²) in [4.78, 5) is 3.51. The molecule has 0 saturated heterocycles. The van der Waals surface area contributed by atoms with Gasteiger partial charge in [-0.25, -0.2) is 4.99 Å².